The predicted molar refractivity (Wildman–Crippen MR) is 96.9 cm³/mol. The lowest BCUT2D eigenvalue weighted by molar-refractivity contribution is 0.0476. The highest BCUT2D eigenvalue weighted by molar-refractivity contribution is 5.25. The average molecular weight is 327 g/mol. The first kappa shape index (κ1) is 17.2. The second-order valence-electron chi connectivity index (χ2n) is 6.64. The molecule has 4 heteroatoms. The first-order chi connectivity index (χ1) is 11.8. The second kappa shape index (κ2) is 8.45. The van der Waals surface area contributed by atoms with E-state index in [4.69, 9.17) is 4.74 Å². The van der Waals surface area contributed by atoms with Crippen LogP contribution < -0.4 is 0 Å². The van der Waals surface area contributed by atoms with Crippen LogP contribution in [0.15, 0.2) is 42.6 Å². The molecule has 0 spiro atoms. The van der Waals surface area contributed by atoms with Crippen molar-refractivity contribution < 1.29 is 4.74 Å². The summed E-state index contributed by atoms with van der Waals surface area (Å²) in [5.41, 5.74) is 2.16. The van der Waals surface area contributed by atoms with Gasteiger partial charge in [-0.1, -0.05) is 43.7 Å². The number of piperidine rings is 1. The molecule has 3 rings (SSSR count). The third-order valence-corrected chi connectivity index (χ3v) is 5.00. The van der Waals surface area contributed by atoms with Crippen LogP contribution in [0.25, 0.3) is 0 Å². The van der Waals surface area contributed by atoms with E-state index < -0.39 is 0 Å². The van der Waals surface area contributed by atoms with Gasteiger partial charge in [-0.3, -0.25) is 4.68 Å². The van der Waals surface area contributed by atoms with Crippen molar-refractivity contribution in [3.63, 3.8) is 0 Å². The molecule has 0 amide bonds. The maximum Gasteiger partial charge on any atom is 0.126 e. The number of aryl methyl sites for hydroxylation is 1. The van der Waals surface area contributed by atoms with Gasteiger partial charge in [-0.05, 0) is 44.0 Å². The van der Waals surface area contributed by atoms with E-state index in [1.54, 1.807) is 0 Å². The third kappa shape index (κ3) is 4.25. The van der Waals surface area contributed by atoms with Crippen molar-refractivity contribution in [3.8, 4) is 0 Å². The Morgan fingerprint density at radius 3 is 2.75 bits per heavy atom. The van der Waals surface area contributed by atoms with Gasteiger partial charge in [-0.25, -0.2) is 0 Å². The second-order valence-corrected chi connectivity index (χ2v) is 6.64. The van der Waals surface area contributed by atoms with Gasteiger partial charge >= 0.3 is 0 Å². The van der Waals surface area contributed by atoms with Crippen molar-refractivity contribution in [1.82, 2.24) is 14.7 Å². The molecule has 0 N–H and O–H groups in total. The maximum absolute atomic E-state index is 6.32. The van der Waals surface area contributed by atoms with E-state index in [1.165, 1.54) is 31.4 Å². The van der Waals surface area contributed by atoms with Gasteiger partial charge in [0.25, 0.3) is 0 Å². The number of hydrogen-bond donors (Lipinski definition) is 0. The van der Waals surface area contributed by atoms with Crippen LogP contribution >= 0.6 is 0 Å². The molecule has 130 valence electrons. The molecular formula is C20H29N3O. The summed E-state index contributed by atoms with van der Waals surface area (Å²) in [7, 11) is 1.95. The van der Waals surface area contributed by atoms with Gasteiger partial charge in [0.2, 0.25) is 0 Å². The van der Waals surface area contributed by atoms with E-state index in [0.29, 0.717) is 6.04 Å². The van der Waals surface area contributed by atoms with Gasteiger partial charge < -0.3 is 9.64 Å². The van der Waals surface area contributed by atoms with Gasteiger partial charge in [0.05, 0.1) is 5.69 Å². The summed E-state index contributed by atoms with van der Waals surface area (Å²) >= 11 is 0. The lowest BCUT2D eigenvalue weighted by Crippen LogP contribution is -2.39. The molecule has 1 aromatic carbocycles. The van der Waals surface area contributed by atoms with E-state index in [2.05, 4.69) is 47.3 Å². The minimum Gasteiger partial charge on any atom is -0.367 e. The van der Waals surface area contributed by atoms with Crippen molar-refractivity contribution in [2.45, 2.75) is 44.8 Å². The smallest absolute Gasteiger partial charge is 0.126 e. The third-order valence-electron chi connectivity index (χ3n) is 5.00. The molecule has 1 aromatic heterocycles. The molecule has 1 aliphatic heterocycles. The molecule has 24 heavy (non-hydrogen) atoms. The van der Waals surface area contributed by atoms with Crippen LogP contribution in [0, 0.1) is 0 Å². The highest BCUT2D eigenvalue weighted by Crippen LogP contribution is 2.26. The number of likely N-dealkylation sites (tertiary alicyclic amines) is 1. The number of benzene rings is 1. The van der Waals surface area contributed by atoms with Gasteiger partial charge in [0.1, 0.15) is 6.10 Å². The first-order valence-corrected chi connectivity index (χ1v) is 9.18. The summed E-state index contributed by atoms with van der Waals surface area (Å²) in [6.45, 7) is 5.42. The summed E-state index contributed by atoms with van der Waals surface area (Å²) in [5.74, 6) is 0. The van der Waals surface area contributed by atoms with E-state index >= 15 is 0 Å². The monoisotopic (exact) mass is 327 g/mol. The van der Waals surface area contributed by atoms with Gasteiger partial charge in [0.15, 0.2) is 0 Å². The lowest BCUT2D eigenvalue weighted by Gasteiger charge is -2.35. The summed E-state index contributed by atoms with van der Waals surface area (Å²) in [6, 6.07) is 13.1. The zero-order chi connectivity index (χ0) is 16.8. The minimum absolute atomic E-state index is 0.0777. The Morgan fingerprint density at radius 1 is 1.21 bits per heavy atom. The summed E-state index contributed by atoms with van der Waals surface area (Å²) in [5, 5.41) is 4.57. The van der Waals surface area contributed by atoms with Crippen LogP contribution in [0.4, 0.5) is 0 Å². The fourth-order valence-electron chi connectivity index (χ4n) is 3.68. The summed E-state index contributed by atoms with van der Waals surface area (Å²) < 4.78 is 8.16. The Bertz CT molecular complexity index is 610. The van der Waals surface area contributed by atoms with Crippen molar-refractivity contribution in [2.24, 2.45) is 7.05 Å². The highest BCUT2D eigenvalue weighted by atomic mass is 16.5. The SMILES string of the molecule is CCN1CCCCC1CCO[C@@H](c1ccccc1)c1ccn(C)n1. The number of aromatic nitrogens is 2. The molecule has 0 saturated carbocycles. The number of hydrogen-bond acceptors (Lipinski definition) is 3. The van der Waals surface area contributed by atoms with E-state index in [0.717, 1.165) is 25.3 Å². The molecule has 0 radical (unpaired) electrons. The summed E-state index contributed by atoms with van der Waals surface area (Å²) in [6.07, 6.45) is 7.00. The Hall–Kier alpha value is -1.65. The molecular weight excluding hydrogens is 298 g/mol. The van der Waals surface area contributed by atoms with Crippen LogP contribution in [0.5, 0.6) is 0 Å². The first-order valence-electron chi connectivity index (χ1n) is 9.18. The van der Waals surface area contributed by atoms with Gasteiger partial charge in [-0.15, -0.1) is 0 Å². The van der Waals surface area contributed by atoms with Crippen molar-refractivity contribution in [1.29, 1.82) is 0 Å². The average Bonchev–Trinajstić information content (AvgIpc) is 3.06. The Morgan fingerprint density at radius 2 is 2.04 bits per heavy atom. The Kier molecular flexibility index (Phi) is 6.05. The number of rotatable bonds is 7. The molecule has 1 saturated heterocycles. The standard InChI is InChI=1S/C20H29N3O/c1-3-23-14-8-7-11-18(23)13-16-24-20(17-9-5-4-6-10-17)19-12-15-22(2)21-19/h4-6,9-10,12,15,18,20H,3,7-8,11,13-14,16H2,1-2H3/t18?,20-/m0/s1. The van der Waals surface area contributed by atoms with Crippen molar-refractivity contribution in [3.05, 3.63) is 53.9 Å². The molecule has 1 unspecified atom stereocenters. The summed E-state index contributed by atoms with van der Waals surface area (Å²) in [4.78, 5) is 2.60. The molecule has 2 atom stereocenters. The van der Waals surface area contributed by atoms with E-state index in [-0.39, 0.29) is 6.10 Å². The molecule has 2 aromatic rings. The predicted octanol–water partition coefficient (Wildman–Crippen LogP) is 3.79. The minimum atomic E-state index is -0.0777. The fraction of sp³-hybridized carbons (Fsp3) is 0.550. The molecule has 2 heterocycles. The Balaban J connectivity index is 1.64. The number of ether oxygens (including phenoxy) is 1. The topological polar surface area (TPSA) is 30.3 Å². The molecule has 0 bridgehead atoms. The van der Waals surface area contributed by atoms with Crippen LogP contribution in [0.3, 0.4) is 0 Å². The van der Waals surface area contributed by atoms with Crippen LogP contribution in [-0.2, 0) is 11.8 Å². The molecule has 1 fully saturated rings. The van der Waals surface area contributed by atoms with Crippen molar-refractivity contribution in [2.75, 3.05) is 19.7 Å². The van der Waals surface area contributed by atoms with E-state index in [9.17, 15) is 0 Å². The van der Waals surface area contributed by atoms with Gasteiger partial charge in [0, 0.05) is 25.9 Å². The fourth-order valence-corrected chi connectivity index (χ4v) is 3.68. The lowest BCUT2D eigenvalue weighted by atomic mass is 9.99. The zero-order valence-electron chi connectivity index (χ0n) is 14.9. The van der Waals surface area contributed by atoms with Crippen molar-refractivity contribution >= 4 is 0 Å². The van der Waals surface area contributed by atoms with Crippen LogP contribution in [0.1, 0.15) is 50.0 Å². The van der Waals surface area contributed by atoms with Gasteiger partial charge in [-0.2, -0.15) is 5.10 Å². The van der Waals surface area contributed by atoms with Crippen LogP contribution in [-0.4, -0.2) is 40.4 Å². The molecule has 0 aliphatic carbocycles. The zero-order valence-corrected chi connectivity index (χ0v) is 14.9. The molecule has 1 aliphatic rings. The molecule has 4 nitrogen and oxygen atoms in total. The van der Waals surface area contributed by atoms with E-state index in [1.807, 2.05) is 24.0 Å². The highest BCUT2D eigenvalue weighted by Gasteiger charge is 2.22. The maximum atomic E-state index is 6.32. The number of nitrogens with zero attached hydrogens (tertiary/aromatic N) is 3. The largest absolute Gasteiger partial charge is 0.367 e. The Labute approximate surface area is 145 Å². The normalized spacial score (nSPS) is 20.2. The quantitative estimate of drug-likeness (QED) is 0.775. The van der Waals surface area contributed by atoms with Crippen LogP contribution in [0.2, 0.25) is 0 Å².